The zero-order valence-electron chi connectivity index (χ0n) is 9.48. The smallest absolute Gasteiger partial charge is 0.246 e. The van der Waals surface area contributed by atoms with Crippen LogP contribution in [0.5, 0.6) is 0 Å². The average molecular weight is 325 g/mol. The van der Waals surface area contributed by atoms with Crippen molar-refractivity contribution in [2.75, 3.05) is 5.32 Å². The molecule has 0 fully saturated rings. The zero-order chi connectivity index (χ0) is 12.5. The molecule has 18 heavy (non-hydrogen) atoms. The molecule has 3 rings (SSSR count). The standard InChI is InChI=1S/C11H9BrN4OS/c1-6-14-10(17-16-6)5-13-11-15-8-4-7(12)2-3-9(8)18-11/h2-4H,5H2,1H3,(H,13,15). The molecule has 7 heteroatoms. The molecule has 0 saturated heterocycles. The topological polar surface area (TPSA) is 63.8 Å². The highest BCUT2D eigenvalue weighted by molar-refractivity contribution is 9.10. The third-order valence-electron chi connectivity index (χ3n) is 2.31. The Bertz CT molecular complexity index is 693. The Morgan fingerprint density at radius 2 is 2.28 bits per heavy atom. The van der Waals surface area contributed by atoms with Crippen LogP contribution in [0, 0.1) is 6.92 Å². The second-order valence-corrected chi connectivity index (χ2v) is 5.67. The number of hydrogen-bond donors (Lipinski definition) is 1. The molecule has 3 aromatic rings. The molecule has 0 aliphatic rings. The maximum atomic E-state index is 5.02. The summed E-state index contributed by atoms with van der Waals surface area (Å²) in [6, 6.07) is 6.04. The van der Waals surface area contributed by atoms with Gasteiger partial charge in [-0.05, 0) is 25.1 Å². The first-order valence-corrected chi connectivity index (χ1v) is 6.91. The first kappa shape index (κ1) is 11.6. The van der Waals surface area contributed by atoms with E-state index in [1.807, 2.05) is 18.2 Å². The van der Waals surface area contributed by atoms with Crippen LogP contribution in [0.2, 0.25) is 0 Å². The highest BCUT2D eigenvalue weighted by atomic mass is 79.9. The quantitative estimate of drug-likeness (QED) is 0.800. The maximum absolute atomic E-state index is 5.02. The predicted octanol–water partition coefficient (Wildman–Crippen LogP) is 3.36. The Hall–Kier alpha value is -1.47. The summed E-state index contributed by atoms with van der Waals surface area (Å²) in [6.07, 6.45) is 0. The number of nitrogens with zero attached hydrogens (tertiary/aromatic N) is 3. The number of anilines is 1. The van der Waals surface area contributed by atoms with Crippen LogP contribution in [0.4, 0.5) is 5.13 Å². The third kappa shape index (κ3) is 2.37. The third-order valence-corrected chi connectivity index (χ3v) is 3.80. The predicted molar refractivity (Wildman–Crippen MR) is 73.7 cm³/mol. The van der Waals surface area contributed by atoms with Gasteiger partial charge in [0.2, 0.25) is 5.89 Å². The van der Waals surface area contributed by atoms with E-state index in [0.717, 1.165) is 19.8 Å². The summed E-state index contributed by atoms with van der Waals surface area (Å²) in [7, 11) is 0. The average Bonchev–Trinajstić information content (AvgIpc) is 2.92. The van der Waals surface area contributed by atoms with Crippen molar-refractivity contribution in [2.24, 2.45) is 0 Å². The van der Waals surface area contributed by atoms with E-state index in [0.29, 0.717) is 18.3 Å². The van der Waals surface area contributed by atoms with Gasteiger partial charge in [-0.25, -0.2) is 4.98 Å². The molecule has 0 radical (unpaired) electrons. The largest absolute Gasteiger partial charge is 0.352 e. The van der Waals surface area contributed by atoms with Crippen molar-refractivity contribution in [3.8, 4) is 0 Å². The molecule has 0 aliphatic carbocycles. The van der Waals surface area contributed by atoms with Gasteiger partial charge in [0.15, 0.2) is 11.0 Å². The van der Waals surface area contributed by atoms with Gasteiger partial charge in [-0.2, -0.15) is 4.98 Å². The molecular weight excluding hydrogens is 316 g/mol. The van der Waals surface area contributed by atoms with Crippen LogP contribution < -0.4 is 5.32 Å². The van der Waals surface area contributed by atoms with Crippen LogP contribution in [0.3, 0.4) is 0 Å². The lowest BCUT2D eigenvalue weighted by atomic mass is 10.3. The number of halogens is 1. The van der Waals surface area contributed by atoms with Gasteiger partial charge in [0, 0.05) is 4.47 Å². The Morgan fingerprint density at radius 1 is 1.39 bits per heavy atom. The second-order valence-electron chi connectivity index (χ2n) is 3.72. The number of nitrogens with one attached hydrogen (secondary N) is 1. The van der Waals surface area contributed by atoms with Gasteiger partial charge in [0.1, 0.15) is 0 Å². The molecule has 0 unspecified atom stereocenters. The van der Waals surface area contributed by atoms with Gasteiger partial charge in [0.05, 0.1) is 16.8 Å². The number of rotatable bonds is 3. The molecular formula is C11H9BrN4OS. The van der Waals surface area contributed by atoms with Crippen molar-refractivity contribution in [1.82, 2.24) is 15.1 Å². The highest BCUT2D eigenvalue weighted by Crippen LogP contribution is 2.28. The molecule has 2 heterocycles. The SMILES string of the molecule is Cc1noc(CNc2nc3cc(Br)ccc3s2)n1. The van der Waals surface area contributed by atoms with Crippen LogP contribution in [0.1, 0.15) is 11.7 Å². The number of aryl methyl sites for hydroxylation is 1. The van der Waals surface area contributed by atoms with Crippen molar-refractivity contribution in [2.45, 2.75) is 13.5 Å². The monoisotopic (exact) mass is 324 g/mol. The van der Waals surface area contributed by atoms with Gasteiger partial charge in [-0.1, -0.05) is 32.4 Å². The number of thiazole rings is 1. The van der Waals surface area contributed by atoms with Crippen molar-refractivity contribution < 1.29 is 4.52 Å². The van der Waals surface area contributed by atoms with Gasteiger partial charge in [0.25, 0.3) is 0 Å². The van der Waals surface area contributed by atoms with Crippen LogP contribution in [0.15, 0.2) is 27.2 Å². The fourth-order valence-electron chi connectivity index (χ4n) is 1.54. The Balaban J connectivity index is 1.78. The number of aromatic nitrogens is 3. The van der Waals surface area contributed by atoms with Crippen molar-refractivity contribution in [1.29, 1.82) is 0 Å². The van der Waals surface area contributed by atoms with Gasteiger partial charge < -0.3 is 9.84 Å². The summed E-state index contributed by atoms with van der Waals surface area (Å²) in [6.45, 7) is 2.28. The minimum atomic E-state index is 0.488. The maximum Gasteiger partial charge on any atom is 0.246 e. The number of hydrogen-bond acceptors (Lipinski definition) is 6. The summed E-state index contributed by atoms with van der Waals surface area (Å²) in [4.78, 5) is 8.61. The second kappa shape index (κ2) is 4.66. The van der Waals surface area contributed by atoms with Crippen molar-refractivity contribution in [3.63, 3.8) is 0 Å². The molecule has 2 aromatic heterocycles. The van der Waals surface area contributed by atoms with E-state index in [4.69, 9.17) is 4.52 Å². The van der Waals surface area contributed by atoms with Crippen molar-refractivity contribution >= 4 is 42.6 Å². The van der Waals surface area contributed by atoms with Gasteiger partial charge in [-0.3, -0.25) is 0 Å². The zero-order valence-corrected chi connectivity index (χ0v) is 11.9. The van der Waals surface area contributed by atoms with Crippen LogP contribution >= 0.6 is 27.3 Å². The summed E-state index contributed by atoms with van der Waals surface area (Å²) in [5.41, 5.74) is 0.971. The molecule has 0 saturated carbocycles. The van der Waals surface area contributed by atoms with Crippen LogP contribution in [0.25, 0.3) is 10.2 Å². The Morgan fingerprint density at radius 3 is 3.06 bits per heavy atom. The summed E-state index contributed by atoms with van der Waals surface area (Å²) in [5, 5.41) is 7.76. The van der Waals surface area contributed by atoms with Crippen molar-refractivity contribution in [3.05, 3.63) is 34.4 Å². The van der Waals surface area contributed by atoms with E-state index in [9.17, 15) is 0 Å². The fourth-order valence-corrected chi connectivity index (χ4v) is 2.73. The number of benzene rings is 1. The molecule has 0 atom stereocenters. The minimum Gasteiger partial charge on any atom is -0.352 e. The highest BCUT2D eigenvalue weighted by Gasteiger charge is 2.06. The minimum absolute atomic E-state index is 0.488. The first-order valence-electron chi connectivity index (χ1n) is 5.30. The molecule has 5 nitrogen and oxygen atoms in total. The molecule has 0 bridgehead atoms. The van der Waals surface area contributed by atoms with E-state index >= 15 is 0 Å². The lowest BCUT2D eigenvalue weighted by Crippen LogP contribution is -1.98. The van der Waals surface area contributed by atoms with Crippen LogP contribution in [-0.2, 0) is 6.54 Å². The lowest BCUT2D eigenvalue weighted by Gasteiger charge is -1.95. The Labute approximate surface area is 115 Å². The summed E-state index contributed by atoms with van der Waals surface area (Å²) in [5.74, 6) is 1.20. The molecule has 0 aliphatic heterocycles. The van der Waals surface area contributed by atoms with Gasteiger partial charge >= 0.3 is 0 Å². The fraction of sp³-hybridized carbons (Fsp3) is 0.182. The summed E-state index contributed by atoms with van der Waals surface area (Å²) < 4.78 is 7.19. The van der Waals surface area contributed by atoms with E-state index in [1.54, 1.807) is 18.3 Å². The van der Waals surface area contributed by atoms with Crippen LogP contribution in [-0.4, -0.2) is 15.1 Å². The molecule has 1 aromatic carbocycles. The summed E-state index contributed by atoms with van der Waals surface area (Å²) >= 11 is 5.03. The van der Waals surface area contributed by atoms with E-state index in [1.165, 1.54) is 0 Å². The normalized spacial score (nSPS) is 11.0. The molecule has 1 N–H and O–H groups in total. The van der Waals surface area contributed by atoms with E-state index < -0.39 is 0 Å². The molecule has 92 valence electrons. The molecule has 0 spiro atoms. The van der Waals surface area contributed by atoms with E-state index in [2.05, 4.69) is 36.4 Å². The first-order chi connectivity index (χ1) is 8.70. The number of fused-ring (bicyclic) bond motifs is 1. The lowest BCUT2D eigenvalue weighted by molar-refractivity contribution is 0.379. The van der Waals surface area contributed by atoms with E-state index in [-0.39, 0.29) is 0 Å². The Kier molecular flexibility index (Phi) is 3.00. The molecule has 0 amide bonds. The van der Waals surface area contributed by atoms with Gasteiger partial charge in [-0.15, -0.1) is 0 Å².